The molecule has 0 radical (unpaired) electrons. The number of aldehydes is 1. The largest absolute Gasteiger partial charge is 0.354 e. The minimum atomic E-state index is -0.458. The van der Waals surface area contributed by atoms with Gasteiger partial charge in [-0.3, -0.25) is 14.9 Å². The Morgan fingerprint density at radius 1 is 1.44 bits per heavy atom. The maximum Gasteiger partial charge on any atom is 0.270 e. The predicted octanol–water partition coefficient (Wildman–Crippen LogP) is 2.29. The van der Waals surface area contributed by atoms with Crippen LogP contribution in [0.4, 0.5) is 5.69 Å². The van der Waals surface area contributed by atoms with Gasteiger partial charge >= 0.3 is 0 Å². The minimum Gasteiger partial charge on any atom is -0.354 e. The highest BCUT2D eigenvalue weighted by molar-refractivity contribution is 6.06. The number of nitrogens with zero attached hydrogens (tertiary/aromatic N) is 1. The molecule has 1 heterocycles. The number of non-ortho nitro benzene ring substituents is 1. The number of aromatic nitrogens is 1. The third kappa shape index (κ3) is 1.58. The van der Waals surface area contributed by atoms with Gasteiger partial charge < -0.3 is 4.98 Å². The Morgan fingerprint density at radius 3 is 2.81 bits per heavy atom. The van der Waals surface area contributed by atoms with Crippen molar-refractivity contribution in [3.05, 3.63) is 46.7 Å². The number of nitro benzene ring substituents is 1. The molecule has 0 atom stereocenters. The molecular weight excluding hydrogens is 208 g/mol. The first-order chi connectivity index (χ1) is 7.61. The zero-order valence-electron chi connectivity index (χ0n) is 8.27. The lowest BCUT2D eigenvalue weighted by Gasteiger charge is -1.90. The number of hydrogen-bond donors (Lipinski definition) is 1. The average molecular weight is 216 g/mol. The molecule has 0 aliphatic heterocycles. The SMILES string of the molecule is C=C(C=O)c1cc2cc([N+](=O)[O-])ccc2[nH]1. The van der Waals surface area contributed by atoms with E-state index in [-0.39, 0.29) is 5.69 Å². The van der Waals surface area contributed by atoms with Crippen molar-refractivity contribution in [3.8, 4) is 0 Å². The summed E-state index contributed by atoms with van der Waals surface area (Å²) >= 11 is 0. The summed E-state index contributed by atoms with van der Waals surface area (Å²) in [5.41, 5.74) is 1.66. The van der Waals surface area contributed by atoms with Gasteiger partial charge in [0.05, 0.1) is 4.92 Å². The molecule has 1 aromatic carbocycles. The van der Waals surface area contributed by atoms with Crippen LogP contribution >= 0.6 is 0 Å². The van der Waals surface area contributed by atoms with Gasteiger partial charge in [0.15, 0.2) is 6.29 Å². The van der Waals surface area contributed by atoms with Gasteiger partial charge in [0, 0.05) is 34.3 Å². The summed E-state index contributed by atoms with van der Waals surface area (Å²) in [6, 6.07) is 6.13. The summed E-state index contributed by atoms with van der Waals surface area (Å²) in [5, 5.41) is 11.3. The molecule has 5 nitrogen and oxygen atoms in total. The first kappa shape index (κ1) is 10.1. The Morgan fingerprint density at radius 2 is 2.19 bits per heavy atom. The Balaban J connectivity index is 2.58. The van der Waals surface area contributed by atoms with Crippen molar-refractivity contribution in [3.63, 3.8) is 0 Å². The van der Waals surface area contributed by atoms with Crippen molar-refractivity contribution in [2.24, 2.45) is 0 Å². The number of carbonyl (C=O) groups is 1. The lowest BCUT2D eigenvalue weighted by atomic mass is 10.2. The van der Waals surface area contributed by atoms with E-state index in [0.29, 0.717) is 22.9 Å². The molecule has 0 fully saturated rings. The Hall–Kier alpha value is -2.43. The fourth-order valence-electron chi connectivity index (χ4n) is 1.47. The van der Waals surface area contributed by atoms with Crippen LogP contribution in [-0.2, 0) is 4.79 Å². The van der Waals surface area contributed by atoms with Crippen LogP contribution in [0.5, 0.6) is 0 Å². The minimum absolute atomic E-state index is 0.0229. The molecule has 0 saturated carbocycles. The molecule has 0 aliphatic carbocycles. The van der Waals surface area contributed by atoms with Gasteiger partial charge in [-0.15, -0.1) is 0 Å². The number of nitro groups is 1. The summed E-state index contributed by atoms with van der Waals surface area (Å²) in [7, 11) is 0. The van der Waals surface area contributed by atoms with Crippen molar-refractivity contribution in [1.29, 1.82) is 0 Å². The molecule has 1 aromatic heterocycles. The maximum absolute atomic E-state index is 10.6. The summed E-state index contributed by atoms with van der Waals surface area (Å²) < 4.78 is 0. The molecule has 0 saturated heterocycles. The lowest BCUT2D eigenvalue weighted by Crippen LogP contribution is -1.86. The number of nitrogens with one attached hydrogen (secondary N) is 1. The van der Waals surface area contributed by atoms with E-state index in [1.54, 1.807) is 12.1 Å². The molecule has 0 spiro atoms. The van der Waals surface area contributed by atoms with Gasteiger partial charge in [0.1, 0.15) is 0 Å². The molecule has 1 N–H and O–H groups in total. The van der Waals surface area contributed by atoms with Gasteiger partial charge in [-0.2, -0.15) is 0 Å². The number of carbonyl (C=O) groups excluding carboxylic acids is 1. The fraction of sp³-hybridized carbons (Fsp3) is 0. The smallest absolute Gasteiger partial charge is 0.270 e. The molecule has 0 unspecified atom stereocenters. The van der Waals surface area contributed by atoms with E-state index in [9.17, 15) is 14.9 Å². The first-order valence-corrected chi connectivity index (χ1v) is 4.53. The molecule has 0 amide bonds. The van der Waals surface area contributed by atoms with Gasteiger partial charge in [0.25, 0.3) is 5.69 Å². The highest BCUT2D eigenvalue weighted by Crippen LogP contribution is 2.23. The second kappa shape index (κ2) is 3.62. The van der Waals surface area contributed by atoms with Crippen molar-refractivity contribution < 1.29 is 9.72 Å². The first-order valence-electron chi connectivity index (χ1n) is 4.53. The van der Waals surface area contributed by atoms with E-state index in [1.165, 1.54) is 12.1 Å². The predicted molar refractivity (Wildman–Crippen MR) is 60.1 cm³/mol. The second-order valence-corrected chi connectivity index (χ2v) is 3.35. The van der Waals surface area contributed by atoms with Crippen LogP contribution in [0.2, 0.25) is 0 Å². The van der Waals surface area contributed by atoms with Crippen LogP contribution < -0.4 is 0 Å². The van der Waals surface area contributed by atoms with E-state index >= 15 is 0 Å². The van der Waals surface area contributed by atoms with Gasteiger partial charge in [0.2, 0.25) is 0 Å². The number of H-pyrrole nitrogens is 1. The Kier molecular flexibility index (Phi) is 2.28. The van der Waals surface area contributed by atoms with E-state index in [4.69, 9.17) is 0 Å². The second-order valence-electron chi connectivity index (χ2n) is 3.35. The zero-order chi connectivity index (χ0) is 11.7. The highest BCUT2D eigenvalue weighted by Gasteiger charge is 2.09. The van der Waals surface area contributed by atoms with E-state index < -0.39 is 4.92 Å². The van der Waals surface area contributed by atoms with Gasteiger partial charge in [-0.25, -0.2) is 0 Å². The molecule has 80 valence electrons. The van der Waals surface area contributed by atoms with Crippen molar-refractivity contribution >= 4 is 28.4 Å². The Bertz CT molecular complexity index is 598. The van der Waals surface area contributed by atoms with E-state index in [2.05, 4.69) is 11.6 Å². The molecule has 0 aliphatic rings. The van der Waals surface area contributed by atoms with Crippen LogP contribution in [0.15, 0.2) is 30.8 Å². The summed E-state index contributed by atoms with van der Waals surface area (Å²) in [6.07, 6.45) is 0.638. The normalized spacial score (nSPS) is 10.2. The molecule has 16 heavy (non-hydrogen) atoms. The Labute approximate surface area is 90.5 Å². The van der Waals surface area contributed by atoms with Crippen molar-refractivity contribution in [2.75, 3.05) is 0 Å². The van der Waals surface area contributed by atoms with Gasteiger partial charge in [-0.1, -0.05) is 6.58 Å². The molecule has 2 rings (SSSR count). The molecule has 2 aromatic rings. The number of rotatable bonds is 3. The van der Waals surface area contributed by atoms with Crippen LogP contribution in [0.1, 0.15) is 5.69 Å². The third-order valence-corrected chi connectivity index (χ3v) is 2.30. The van der Waals surface area contributed by atoms with E-state index in [1.807, 2.05) is 0 Å². The average Bonchev–Trinajstić information content (AvgIpc) is 2.70. The van der Waals surface area contributed by atoms with Gasteiger partial charge in [-0.05, 0) is 12.1 Å². The zero-order valence-corrected chi connectivity index (χ0v) is 8.27. The number of fused-ring (bicyclic) bond motifs is 1. The monoisotopic (exact) mass is 216 g/mol. The molecular formula is C11H8N2O3. The lowest BCUT2D eigenvalue weighted by molar-refractivity contribution is -0.384. The number of benzene rings is 1. The summed E-state index contributed by atoms with van der Waals surface area (Å²) in [4.78, 5) is 23.6. The van der Waals surface area contributed by atoms with E-state index in [0.717, 1.165) is 5.52 Å². The van der Waals surface area contributed by atoms with Crippen molar-refractivity contribution in [2.45, 2.75) is 0 Å². The van der Waals surface area contributed by atoms with Crippen LogP contribution in [-0.4, -0.2) is 16.2 Å². The molecule has 5 heteroatoms. The maximum atomic E-state index is 10.6. The number of aromatic amines is 1. The quantitative estimate of drug-likeness (QED) is 0.370. The van der Waals surface area contributed by atoms with Crippen LogP contribution in [0, 0.1) is 10.1 Å². The number of allylic oxidation sites excluding steroid dienone is 1. The summed E-state index contributed by atoms with van der Waals surface area (Å²) in [5.74, 6) is 0. The molecule has 0 bridgehead atoms. The summed E-state index contributed by atoms with van der Waals surface area (Å²) in [6.45, 7) is 3.56. The van der Waals surface area contributed by atoms with Crippen LogP contribution in [0.3, 0.4) is 0 Å². The number of hydrogen-bond acceptors (Lipinski definition) is 3. The third-order valence-electron chi connectivity index (χ3n) is 2.30. The highest BCUT2D eigenvalue weighted by atomic mass is 16.6. The fourth-order valence-corrected chi connectivity index (χ4v) is 1.47. The van der Waals surface area contributed by atoms with Crippen molar-refractivity contribution in [1.82, 2.24) is 4.98 Å². The standard InChI is InChI=1S/C11H8N2O3/c1-7(6-14)11-5-8-4-9(13(15)16)2-3-10(8)12-11/h2-6,12H,1H2. The van der Waals surface area contributed by atoms with Crippen LogP contribution in [0.25, 0.3) is 16.5 Å². The topological polar surface area (TPSA) is 76.0 Å².